The second kappa shape index (κ2) is 6.37. The number of rotatable bonds is 2. The molecule has 0 saturated carbocycles. The normalized spacial score (nSPS) is 22.6. The summed E-state index contributed by atoms with van der Waals surface area (Å²) in [6.07, 6.45) is 0. The average Bonchev–Trinajstić information content (AvgIpc) is 2.93. The van der Waals surface area contributed by atoms with Crippen LogP contribution in [-0.2, 0) is 4.99 Å². The van der Waals surface area contributed by atoms with Gasteiger partial charge in [0, 0.05) is 41.8 Å². The van der Waals surface area contributed by atoms with Crippen LogP contribution >= 0.6 is 35.0 Å². The fourth-order valence-electron chi connectivity index (χ4n) is 2.97. The average molecular weight is 398 g/mol. The Labute approximate surface area is 159 Å². The number of anilines is 3. The maximum Gasteiger partial charge on any atom is 0.228 e. The first kappa shape index (κ1) is 17.0. The van der Waals surface area contributed by atoms with Crippen molar-refractivity contribution in [2.24, 2.45) is 5.73 Å². The number of piperazine rings is 1. The fraction of sp³-hybridized carbons (Fsp3) is 0.333. The number of fused-ring (bicyclic) bond motifs is 1. The third kappa shape index (κ3) is 2.98. The molecule has 1 aromatic carbocycles. The molecule has 2 aliphatic heterocycles. The van der Waals surface area contributed by atoms with E-state index in [0.29, 0.717) is 38.1 Å². The summed E-state index contributed by atoms with van der Waals surface area (Å²) in [5.41, 5.74) is 13.9. The van der Waals surface area contributed by atoms with Gasteiger partial charge < -0.3 is 21.3 Å². The molecule has 0 bridgehead atoms. The van der Waals surface area contributed by atoms with Crippen LogP contribution in [-0.4, -0.2) is 36.1 Å². The van der Waals surface area contributed by atoms with Gasteiger partial charge in [-0.25, -0.2) is 4.98 Å². The van der Waals surface area contributed by atoms with E-state index in [-0.39, 0.29) is 0 Å². The van der Waals surface area contributed by atoms with Gasteiger partial charge >= 0.3 is 0 Å². The molecule has 1 saturated heterocycles. The molecule has 0 radical (unpaired) electrons. The largest absolute Gasteiger partial charge is 0.382 e. The highest BCUT2D eigenvalue weighted by Gasteiger charge is 2.41. The zero-order valence-electron chi connectivity index (χ0n) is 13.2. The summed E-state index contributed by atoms with van der Waals surface area (Å²) in [4.78, 5) is 10.2. The summed E-state index contributed by atoms with van der Waals surface area (Å²) in [5, 5.41) is 8.16. The molecular formula is C15H17Cl2N7S. The van der Waals surface area contributed by atoms with E-state index in [1.54, 1.807) is 18.2 Å². The van der Waals surface area contributed by atoms with Crippen molar-refractivity contribution in [3.63, 3.8) is 0 Å². The first-order chi connectivity index (χ1) is 12.0. The molecule has 2 aromatic rings. The van der Waals surface area contributed by atoms with Crippen molar-refractivity contribution in [1.82, 2.24) is 15.3 Å². The minimum atomic E-state index is -1.05. The van der Waals surface area contributed by atoms with Gasteiger partial charge in [0.25, 0.3) is 0 Å². The van der Waals surface area contributed by atoms with Gasteiger partial charge in [-0.15, -0.1) is 0 Å². The van der Waals surface area contributed by atoms with Crippen LogP contribution in [0.2, 0.25) is 10.0 Å². The highest BCUT2D eigenvalue weighted by molar-refractivity contribution is 8.00. The number of hydrogen-bond donors (Lipinski definition) is 4. The van der Waals surface area contributed by atoms with E-state index in [2.05, 4.69) is 25.5 Å². The molecule has 0 amide bonds. The Kier molecular flexibility index (Phi) is 4.33. The SMILES string of the molecule is Nc1nc(N2CCNCC2)nc2c1NC(N)(c1c(Cl)cccc1Cl)S2. The number of nitrogens with two attached hydrogens (primary N) is 2. The number of benzene rings is 1. The van der Waals surface area contributed by atoms with E-state index in [1.807, 2.05) is 0 Å². The van der Waals surface area contributed by atoms with Crippen molar-refractivity contribution >= 4 is 52.4 Å². The number of thioether (sulfide) groups is 1. The number of nitrogen functional groups attached to an aromatic ring is 1. The van der Waals surface area contributed by atoms with Crippen LogP contribution in [0.4, 0.5) is 17.5 Å². The highest BCUT2D eigenvalue weighted by atomic mass is 35.5. The minimum absolute atomic E-state index is 0.363. The Morgan fingerprint density at radius 2 is 1.84 bits per heavy atom. The molecule has 1 atom stereocenters. The van der Waals surface area contributed by atoms with Gasteiger partial charge in [-0.05, 0) is 12.1 Å². The first-order valence-corrected chi connectivity index (χ1v) is 9.39. The topological polar surface area (TPSA) is 105 Å². The molecule has 0 spiro atoms. The van der Waals surface area contributed by atoms with Crippen LogP contribution < -0.4 is 27.0 Å². The molecule has 2 aliphatic rings. The molecule has 25 heavy (non-hydrogen) atoms. The molecule has 3 heterocycles. The molecule has 132 valence electrons. The second-order valence-electron chi connectivity index (χ2n) is 5.89. The van der Waals surface area contributed by atoms with E-state index in [4.69, 9.17) is 34.7 Å². The molecule has 7 nitrogen and oxygen atoms in total. The van der Waals surface area contributed by atoms with Crippen LogP contribution in [0.1, 0.15) is 5.56 Å². The molecule has 1 aromatic heterocycles. The minimum Gasteiger partial charge on any atom is -0.382 e. The Morgan fingerprint density at radius 1 is 1.16 bits per heavy atom. The summed E-state index contributed by atoms with van der Waals surface area (Å²) in [6, 6.07) is 5.29. The predicted molar refractivity (Wildman–Crippen MR) is 103 cm³/mol. The van der Waals surface area contributed by atoms with Crippen LogP contribution in [0.5, 0.6) is 0 Å². The third-order valence-corrected chi connectivity index (χ3v) is 5.94. The van der Waals surface area contributed by atoms with Crippen molar-refractivity contribution in [2.75, 3.05) is 42.1 Å². The zero-order valence-corrected chi connectivity index (χ0v) is 15.5. The number of halogens is 2. The van der Waals surface area contributed by atoms with Crippen molar-refractivity contribution < 1.29 is 0 Å². The van der Waals surface area contributed by atoms with Crippen LogP contribution in [0, 0.1) is 0 Å². The molecule has 1 fully saturated rings. The standard InChI is InChI=1S/C15H17Cl2N7S/c16-8-2-1-3-9(17)10(8)15(19)23-11-12(18)21-14(22-13(11)25-15)24-6-4-20-5-7-24/h1-3,20,23H,4-7,19H2,(H2,18,21,22). The number of nitrogens with zero attached hydrogens (tertiary/aromatic N) is 3. The molecule has 1 unspecified atom stereocenters. The van der Waals surface area contributed by atoms with Gasteiger partial charge in [-0.2, -0.15) is 4.98 Å². The van der Waals surface area contributed by atoms with E-state index in [0.717, 1.165) is 26.2 Å². The highest BCUT2D eigenvalue weighted by Crippen LogP contribution is 2.52. The summed E-state index contributed by atoms with van der Waals surface area (Å²) in [7, 11) is 0. The maximum atomic E-state index is 6.57. The Bertz CT molecular complexity index is 808. The number of hydrogen-bond acceptors (Lipinski definition) is 8. The van der Waals surface area contributed by atoms with Gasteiger partial charge in [0.05, 0.1) is 0 Å². The molecule has 6 N–H and O–H groups in total. The molecular weight excluding hydrogens is 381 g/mol. The number of nitrogens with one attached hydrogen (secondary N) is 2. The van der Waals surface area contributed by atoms with Crippen LogP contribution in [0.25, 0.3) is 0 Å². The van der Waals surface area contributed by atoms with Crippen molar-refractivity contribution in [3.8, 4) is 0 Å². The third-order valence-electron chi connectivity index (χ3n) is 4.19. The molecule has 4 rings (SSSR count). The van der Waals surface area contributed by atoms with Crippen molar-refractivity contribution in [3.05, 3.63) is 33.8 Å². The lowest BCUT2D eigenvalue weighted by atomic mass is 10.1. The first-order valence-electron chi connectivity index (χ1n) is 7.82. The Hall–Kier alpha value is -1.45. The van der Waals surface area contributed by atoms with Gasteiger partial charge in [0.2, 0.25) is 5.95 Å². The maximum absolute atomic E-state index is 6.57. The summed E-state index contributed by atoms with van der Waals surface area (Å²) >= 11 is 14.0. The molecule has 0 aliphatic carbocycles. The fourth-order valence-corrected chi connectivity index (χ4v) is 4.94. The van der Waals surface area contributed by atoms with Crippen LogP contribution in [0.3, 0.4) is 0 Å². The Balaban J connectivity index is 1.71. The van der Waals surface area contributed by atoms with E-state index >= 15 is 0 Å². The monoisotopic (exact) mass is 397 g/mol. The van der Waals surface area contributed by atoms with E-state index in [1.165, 1.54) is 11.8 Å². The second-order valence-corrected chi connectivity index (χ2v) is 7.93. The summed E-state index contributed by atoms with van der Waals surface area (Å²) in [6.45, 7) is 3.45. The summed E-state index contributed by atoms with van der Waals surface area (Å²) < 4.78 is 0. The van der Waals surface area contributed by atoms with E-state index in [9.17, 15) is 0 Å². The lowest BCUT2D eigenvalue weighted by Gasteiger charge is -2.27. The zero-order chi connectivity index (χ0) is 17.6. The lowest BCUT2D eigenvalue weighted by molar-refractivity contribution is 0.578. The van der Waals surface area contributed by atoms with Gasteiger partial charge in [-0.1, -0.05) is 41.0 Å². The predicted octanol–water partition coefficient (Wildman–Crippen LogP) is 2.06. The van der Waals surface area contributed by atoms with Gasteiger partial charge in [-0.3, -0.25) is 5.73 Å². The summed E-state index contributed by atoms with van der Waals surface area (Å²) in [5.74, 6) is 0.975. The number of aromatic nitrogens is 2. The lowest BCUT2D eigenvalue weighted by Crippen LogP contribution is -2.44. The van der Waals surface area contributed by atoms with Gasteiger partial charge in [0.15, 0.2) is 10.8 Å². The van der Waals surface area contributed by atoms with E-state index < -0.39 is 4.99 Å². The van der Waals surface area contributed by atoms with Gasteiger partial charge in [0.1, 0.15) is 10.7 Å². The van der Waals surface area contributed by atoms with Crippen LogP contribution in [0.15, 0.2) is 23.2 Å². The molecule has 10 heteroatoms. The Morgan fingerprint density at radius 3 is 2.52 bits per heavy atom. The smallest absolute Gasteiger partial charge is 0.228 e. The quantitative estimate of drug-likeness (QED) is 0.570. The van der Waals surface area contributed by atoms with Crippen molar-refractivity contribution in [2.45, 2.75) is 10.0 Å². The van der Waals surface area contributed by atoms with Crippen molar-refractivity contribution in [1.29, 1.82) is 0 Å².